The van der Waals surface area contributed by atoms with E-state index in [1.807, 2.05) is 6.08 Å². The summed E-state index contributed by atoms with van der Waals surface area (Å²) in [6, 6.07) is -0.629. The fourth-order valence-corrected chi connectivity index (χ4v) is 8.26. The van der Waals surface area contributed by atoms with E-state index in [-0.39, 0.29) is 12.5 Å². The van der Waals surface area contributed by atoms with Gasteiger partial charge in [0.15, 0.2) is 0 Å². The average molecular weight is 828 g/mol. The third kappa shape index (κ3) is 47.5. The lowest BCUT2D eigenvalue weighted by atomic mass is 10.0. The highest BCUT2D eigenvalue weighted by atomic mass is 16.3. The second kappa shape index (κ2) is 51.0. The van der Waals surface area contributed by atoms with E-state index in [1.165, 1.54) is 225 Å². The molecule has 2 atom stereocenters. The molecule has 348 valence electrons. The first kappa shape index (κ1) is 57.6. The molecular weight excluding hydrogens is 723 g/mol. The lowest BCUT2D eigenvalue weighted by Crippen LogP contribution is -2.45. The fourth-order valence-electron chi connectivity index (χ4n) is 8.26. The highest BCUT2D eigenvalue weighted by Gasteiger charge is 2.18. The Balaban J connectivity index is 3.43. The summed E-state index contributed by atoms with van der Waals surface area (Å²) in [7, 11) is 0. The number of unbranched alkanes of at least 4 members (excludes halogenated alkanes) is 38. The van der Waals surface area contributed by atoms with Crippen molar-refractivity contribution in [1.29, 1.82) is 0 Å². The Morgan fingerprint density at radius 2 is 0.712 bits per heavy atom. The molecule has 4 nitrogen and oxygen atoms in total. The molecule has 0 aliphatic rings. The lowest BCUT2D eigenvalue weighted by molar-refractivity contribution is -0.123. The first-order chi connectivity index (χ1) is 29.2. The Bertz CT molecular complexity index is 897. The Morgan fingerprint density at radius 3 is 1.07 bits per heavy atom. The zero-order chi connectivity index (χ0) is 42.8. The van der Waals surface area contributed by atoms with Gasteiger partial charge in [-0.3, -0.25) is 4.79 Å². The van der Waals surface area contributed by atoms with Crippen LogP contribution < -0.4 is 5.32 Å². The summed E-state index contributed by atoms with van der Waals surface area (Å²) in [6.07, 6.45) is 68.8. The normalized spacial score (nSPS) is 13.1. The van der Waals surface area contributed by atoms with E-state index < -0.39 is 12.1 Å². The highest BCUT2D eigenvalue weighted by molar-refractivity contribution is 5.76. The number of hydrogen-bond acceptors (Lipinski definition) is 3. The zero-order valence-corrected chi connectivity index (χ0v) is 40.0. The Labute approximate surface area is 370 Å². The van der Waals surface area contributed by atoms with Gasteiger partial charge in [0.1, 0.15) is 0 Å². The summed E-state index contributed by atoms with van der Waals surface area (Å²) < 4.78 is 0. The smallest absolute Gasteiger partial charge is 0.220 e. The quantitative estimate of drug-likeness (QED) is 0.0423. The van der Waals surface area contributed by atoms with Gasteiger partial charge in [-0.05, 0) is 44.9 Å². The maximum Gasteiger partial charge on any atom is 0.220 e. The van der Waals surface area contributed by atoms with Crippen LogP contribution >= 0.6 is 0 Å². The van der Waals surface area contributed by atoms with Crippen LogP contribution in [0.15, 0.2) is 36.5 Å². The standard InChI is InChI=1S/C55H105NO3/c1-3-5-7-9-11-13-15-17-19-20-21-22-23-24-25-26-27-28-29-30-31-32-33-34-35-36-37-38-40-42-44-46-48-50-54(58)53(52-57)56-55(59)51-49-47-45-43-41-39-18-16-14-12-10-8-6-4-2/h10,12,16,18,48,50,53-54,57-58H,3-9,11,13-15,17,19-47,49,51-52H2,1-2H3,(H,56,59)/b12-10-,18-16-,50-48+. The summed E-state index contributed by atoms with van der Waals surface area (Å²) in [6.45, 7) is 4.28. The molecule has 0 saturated heterocycles. The van der Waals surface area contributed by atoms with Gasteiger partial charge in [0.2, 0.25) is 5.91 Å². The Kier molecular flexibility index (Phi) is 49.8. The van der Waals surface area contributed by atoms with Crippen LogP contribution in [0.1, 0.15) is 290 Å². The monoisotopic (exact) mass is 828 g/mol. The Hall–Kier alpha value is -1.39. The molecule has 4 heteroatoms. The second-order valence-electron chi connectivity index (χ2n) is 18.3. The maximum absolute atomic E-state index is 12.4. The summed E-state index contributed by atoms with van der Waals surface area (Å²) in [4.78, 5) is 12.4. The average Bonchev–Trinajstić information content (AvgIpc) is 3.24. The molecule has 0 aromatic heterocycles. The van der Waals surface area contributed by atoms with Gasteiger partial charge >= 0.3 is 0 Å². The Morgan fingerprint density at radius 1 is 0.407 bits per heavy atom. The van der Waals surface area contributed by atoms with Crippen molar-refractivity contribution in [3.05, 3.63) is 36.5 Å². The van der Waals surface area contributed by atoms with E-state index in [0.29, 0.717) is 6.42 Å². The van der Waals surface area contributed by atoms with Gasteiger partial charge < -0.3 is 15.5 Å². The molecule has 0 bridgehead atoms. The number of hydrogen-bond donors (Lipinski definition) is 3. The molecule has 0 aliphatic heterocycles. The molecule has 0 aromatic carbocycles. The molecule has 59 heavy (non-hydrogen) atoms. The molecule has 0 fully saturated rings. The van der Waals surface area contributed by atoms with Crippen LogP contribution in [0.3, 0.4) is 0 Å². The van der Waals surface area contributed by atoms with E-state index in [0.717, 1.165) is 44.9 Å². The first-order valence-electron chi connectivity index (χ1n) is 26.7. The predicted molar refractivity (Wildman–Crippen MR) is 262 cm³/mol. The molecule has 0 spiro atoms. The van der Waals surface area contributed by atoms with E-state index >= 15 is 0 Å². The summed E-state index contributed by atoms with van der Waals surface area (Å²) >= 11 is 0. The topological polar surface area (TPSA) is 69.6 Å². The third-order valence-corrected chi connectivity index (χ3v) is 12.4. The number of rotatable bonds is 49. The van der Waals surface area contributed by atoms with Crippen molar-refractivity contribution in [3.63, 3.8) is 0 Å². The minimum absolute atomic E-state index is 0.0763. The number of carbonyl (C=O) groups is 1. The van der Waals surface area contributed by atoms with Crippen LogP contribution in [-0.2, 0) is 4.79 Å². The van der Waals surface area contributed by atoms with Crippen LogP contribution in [0, 0.1) is 0 Å². The van der Waals surface area contributed by atoms with Crippen molar-refractivity contribution in [1.82, 2.24) is 5.32 Å². The number of allylic oxidation sites excluding steroid dienone is 5. The van der Waals surface area contributed by atoms with Gasteiger partial charge in [0, 0.05) is 6.42 Å². The third-order valence-electron chi connectivity index (χ3n) is 12.4. The summed E-state index contributed by atoms with van der Waals surface area (Å²) in [5, 5.41) is 23.1. The SMILES string of the molecule is CCCC/C=C\C/C=C\CCCCCCCC(=O)NC(CO)C(O)/C=C/CCCCCCCCCCCCCCCCCCCCCCCCCCCCCCCCC. The largest absolute Gasteiger partial charge is 0.394 e. The molecule has 0 saturated carbocycles. The molecule has 1 amide bonds. The van der Waals surface area contributed by atoms with Crippen LogP contribution in [0.4, 0.5) is 0 Å². The second-order valence-corrected chi connectivity index (χ2v) is 18.3. The number of carbonyl (C=O) groups excluding carboxylic acids is 1. The number of aliphatic hydroxyl groups is 2. The number of amides is 1. The van der Waals surface area contributed by atoms with Crippen LogP contribution in [0.25, 0.3) is 0 Å². The van der Waals surface area contributed by atoms with Crippen LogP contribution in [0.2, 0.25) is 0 Å². The van der Waals surface area contributed by atoms with Crippen molar-refractivity contribution in [2.24, 2.45) is 0 Å². The van der Waals surface area contributed by atoms with Crippen molar-refractivity contribution in [3.8, 4) is 0 Å². The van der Waals surface area contributed by atoms with Crippen LogP contribution in [-0.4, -0.2) is 34.9 Å². The van der Waals surface area contributed by atoms with Gasteiger partial charge in [-0.15, -0.1) is 0 Å². The number of nitrogens with one attached hydrogen (secondary N) is 1. The summed E-state index contributed by atoms with van der Waals surface area (Å²) in [5.74, 6) is -0.0763. The summed E-state index contributed by atoms with van der Waals surface area (Å²) in [5.41, 5.74) is 0. The van der Waals surface area contributed by atoms with E-state index in [1.54, 1.807) is 6.08 Å². The number of aliphatic hydroxyl groups excluding tert-OH is 2. The predicted octanol–water partition coefficient (Wildman–Crippen LogP) is 17.3. The molecule has 0 aromatic rings. The van der Waals surface area contributed by atoms with E-state index in [9.17, 15) is 15.0 Å². The lowest BCUT2D eigenvalue weighted by Gasteiger charge is -2.20. The molecule has 0 radical (unpaired) electrons. The maximum atomic E-state index is 12.4. The van der Waals surface area contributed by atoms with Gasteiger partial charge in [0.25, 0.3) is 0 Å². The van der Waals surface area contributed by atoms with Gasteiger partial charge in [0.05, 0.1) is 18.8 Å². The zero-order valence-electron chi connectivity index (χ0n) is 40.0. The van der Waals surface area contributed by atoms with Gasteiger partial charge in [-0.1, -0.05) is 275 Å². The molecule has 0 heterocycles. The highest BCUT2D eigenvalue weighted by Crippen LogP contribution is 2.17. The molecular formula is C55H105NO3. The van der Waals surface area contributed by atoms with Crippen LogP contribution in [0.5, 0.6) is 0 Å². The molecule has 2 unspecified atom stereocenters. The van der Waals surface area contributed by atoms with Gasteiger partial charge in [-0.25, -0.2) is 0 Å². The van der Waals surface area contributed by atoms with E-state index in [2.05, 4.69) is 43.5 Å². The van der Waals surface area contributed by atoms with Crippen molar-refractivity contribution >= 4 is 5.91 Å². The van der Waals surface area contributed by atoms with Crippen molar-refractivity contribution in [2.45, 2.75) is 302 Å². The van der Waals surface area contributed by atoms with Crippen molar-refractivity contribution < 1.29 is 15.0 Å². The minimum Gasteiger partial charge on any atom is -0.394 e. The van der Waals surface area contributed by atoms with E-state index in [4.69, 9.17) is 0 Å². The molecule has 0 rings (SSSR count). The van der Waals surface area contributed by atoms with Gasteiger partial charge in [-0.2, -0.15) is 0 Å². The fraction of sp³-hybridized carbons (Fsp3) is 0.873. The molecule has 0 aliphatic carbocycles. The first-order valence-corrected chi connectivity index (χ1v) is 26.7. The molecule has 3 N–H and O–H groups in total. The minimum atomic E-state index is -0.845. The van der Waals surface area contributed by atoms with Crippen molar-refractivity contribution in [2.75, 3.05) is 6.61 Å².